The second-order valence-corrected chi connectivity index (χ2v) is 9.54. The molecule has 2 aromatic carbocycles. The molecule has 2 aliphatic rings. The Labute approximate surface area is 189 Å². The highest BCUT2D eigenvalue weighted by Crippen LogP contribution is 2.28. The highest BCUT2D eigenvalue weighted by atomic mass is 35.5. The number of carbonyl (C=O) groups excluding carboxylic acids is 1. The molecule has 1 amide bonds. The van der Waals surface area contributed by atoms with Crippen LogP contribution >= 0.6 is 11.6 Å². The summed E-state index contributed by atoms with van der Waals surface area (Å²) >= 11 is 5.91. The van der Waals surface area contributed by atoms with Crippen LogP contribution in [0.1, 0.15) is 24.0 Å². The summed E-state index contributed by atoms with van der Waals surface area (Å²) in [5, 5.41) is 22.3. The summed E-state index contributed by atoms with van der Waals surface area (Å²) in [4.78, 5) is 16.5. The molecular formula is C25H31ClN2O3. The van der Waals surface area contributed by atoms with Crippen LogP contribution in [0.2, 0.25) is 5.02 Å². The predicted octanol–water partition coefficient (Wildman–Crippen LogP) is 2.77. The first-order valence-electron chi connectivity index (χ1n) is 11.1. The molecule has 0 saturated carbocycles. The van der Waals surface area contributed by atoms with Crippen LogP contribution in [0.4, 0.5) is 0 Å². The lowest BCUT2D eigenvalue weighted by molar-refractivity contribution is -0.130. The Bertz CT molecular complexity index is 868. The smallest absolute Gasteiger partial charge is 0.227 e. The van der Waals surface area contributed by atoms with Gasteiger partial charge < -0.3 is 20.0 Å². The van der Waals surface area contributed by atoms with Gasteiger partial charge in [0.05, 0.1) is 13.0 Å². The van der Waals surface area contributed by atoms with Crippen molar-refractivity contribution in [2.24, 2.45) is 5.92 Å². The number of β-amino-alcohol motifs (C(OH)–C–C–N with tert-alkyl or cyclic N) is 2. The van der Waals surface area contributed by atoms with Crippen molar-refractivity contribution in [3.63, 3.8) is 0 Å². The fourth-order valence-electron chi connectivity index (χ4n) is 4.80. The third kappa shape index (κ3) is 5.66. The number of nitrogens with zero attached hydrogens (tertiary/aromatic N) is 2. The molecule has 0 aromatic heterocycles. The molecule has 0 radical (unpaired) electrons. The van der Waals surface area contributed by atoms with E-state index in [1.54, 1.807) is 17.0 Å². The molecule has 6 heteroatoms. The number of benzene rings is 2. The summed E-state index contributed by atoms with van der Waals surface area (Å²) in [7, 11) is 0. The Balaban J connectivity index is 1.27. The zero-order valence-electron chi connectivity index (χ0n) is 17.8. The molecule has 31 heavy (non-hydrogen) atoms. The Morgan fingerprint density at radius 1 is 1.03 bits per heavy atom. The molecule has 166 valence electrons. The third-order valence-electron chi connectivity index (χ3n) is 6.67. The van der Waals surface area contributed by atoms with E-state index in [1.165, 1.54) is 5.56 Å². The molecule has 2 aliphatic heterocycles. The number of hydrogen-bond acceptors (Lipinski definition) is 4. The molecule has 4 rings (SSSR count). The minimum absolute atomic E-state index is 0.0844. The standard InChI is InChI=1S/C25H31ClN2O3/c26-22-8-6-20(7-9-22)15-24(30)28-16-23(29)25(31,18-28)17-27-12-10-21(11-13-27)14-19-4-2-1-3-5-19/h1-9,21,23,29,31H,10-18H2/t23-,25+/m1/s1. The van der Waals surface area contributed by atoms with Gasteiger partial charge in [-0.1, -0.05) is 54.1 Å². The van der Waals surface area contributed by atoms with Gasteiger partial charge in [0.2, 0.25) is 5.91 Å². The van der Waals surface area contributed by atoms with Crippen molar-refractivity contribution in [3.8, 4) is 0 Å². The summed E-state index contributed by atoms with van der Waals surface area (Å²) < 4.78 is 0. The van der Waals surface area contributed by atoms with Gasteiger partial charge in [0.25, 0.3) is 0 Å². The molecule has 2 N–H and O–H groups in total. The summed E-state index contributed by atoms with van der Waals surface area (Å²) in [6.45, 7) is 2.56. The molecule has 2 aromatic rings. The van der Waals surface area contributed by atoms with Gasteiger partial charge in [-0.3, -0.25) is 4.79 Å². The van der Waals surface area contributed by atoms with Crippen LogP contribution in [0.5, 0.6) is 0 Å². The summed E-state index contributed by atoms with van der Waals surface area (Å²) in [6, 6.07) is 17.8. The molecule has 0 spiro atoms. The van der Waals surface area contributed by atoms with Gasteiger partial charge in [-0.05, 0) is 61.5 Å². The van der Waals surface area contributed by atoms with E-state index in [2.05, 4.69) is 29.2 Å². The normalized spacial score (nSPS) is 25.1. The van der Waals surface area contributed by atoms with E-state index in [9.17, 15) is 15.0 Å². The fraction of sp³-hybridized carbons (Fsp3) is 0.480. The second-order valence-electron chi connectivity index (χ2n) is 9.11. The average molecular weight is 443 g/mol. The lowest BCUT2D eigenvalue weighted by Gasteiger charge is -2.37. The molecule has 2 atom stereocenters. The molecule has 0 unspecified atom stereocenters. The number of halogens is 1. The molecule has 2 fully saturated rings. The first kappa shape index (κ1) is 22.3. The van der Waals surface area contributed by atoms with Gasteiger partial charge in [-0.25, -0.2) is 0 Å². The number of hydrogen-bond donors (Lipinski definition) is 2. The van der Waals surface area contributed by atoms with Crippen LogP contribution in [0.15, 0.2) is 54.6 Å². The van der Waals surface area contributed by atoms with Crippen molar-refractivity contribution < 1.29 is 15.0 Å². The summed E-state index contributed by atoms with van der Waals surface area (Å²) in [5.74, 6) is 0.568. The number of carbonyl (C=O) groups is 1. The van der Waals surface area contributed by atoms with Crippen LogP contribution in [0.3, 0.4) is 0 Å². The summed E-state index contributed by atoms with van der Waals surface area (Å²) in [6.07, 6.45) is 2.57. The van der Waals surface area contributed by atoms with Gasteiger partial charge in [0.1, 0.15) is 11.7 Å². The van der Waals surface area contributed by atoms with Gasteiger partial charge >= 0.3 is 0 Å². The molecule has 0 bridgehead atoms. The largest absolute Gasteiger partial charge is 0.388 e. The topological polar surface area (TPSA) is 64.0 Å². The van der Waals surface area contributed by atoms with E-state index in [-0.39, 0.29) is 25.4 Å². The Kier molecular flexibility index (Phi) is 6.97. The average Bonchev–Trinajstić information content (AvgIpc) is 3.06. The number of piperidine rings is 1. The zero-order chi connectivity index (χ0) is 21.8. The molecule has 0 aliphatic carbocycles. The van der Waals surface area contributed by atoms with Crippen molar-refractivity contribution in [2.75, 3.05) is 32.7 Å². The fourth-order valence-corrected chi connectivity index (χ4v) is 4.92. The number of amides is 1. The highest BCUT2D eigenvalue weighted by molar-refractivity contribution is 6.30. The monoisotopic (exact) mass is 442 g/mol. The van der Waals surface area contributed by atoms with Gasteiger partial charge in [0, 0.05) is 18.1 Å². The SMILES string of the molecule is O=C(Cc1ccc(Cl)cc1)N1C[C@@H](O)[C@](O)(CN2CCC(Cc3ccccc3)CC2)C1. The van der Waals surface area contributed by atoms with Crippen molar-refractivity contribution >= 4 is 17.5 Å². The van der Waals surface area contributed by atoms with Gasteiger partial charge in [-0.2, -0.15) is 0 Å². The van der Waals surface area contributed by atoms with Crippen LogP contribution < -0.4 is 0 Å². The van der Waals surface area contributed by atoms with Gasteiger partial charge in [0.15, 0.2) is 0 Å². The van der Waals surface area contributed by atoms with Crippen LogP contribution in [-0.2, 0) is 17.6 Å². The minimum Gasteiger partial charge on any atom is -0.388 e. The lowest BCUT2D eigenvalue weighted by Crippen LogP contribution is -2.53. The van der Waals surface area contributed by atoms with Crippen molar-refractivity contribution in [2.45, 2.75) is 37.4 Å². The maximum absolute atomic E-state index is 12.7. The zero-order valence-corrected chi connectivity index (χ0v) is 18.5. The van der Waals surface area contributed by atoms with E-state index in [0.717, 1.165) is 37.9 Å². The van der Waals surface area contributed by atoms with E-state index in [0.29, 0.717) is 17.5 Å². The summed E-state index contributed by atoms with van der Waals surface area (Å²) in [5.41, 5.74) is 0.975. The second kappa shape index (κ2) is 9.70. The molecule has 5 nitrogen and oxygen atoms in total. The number of aliphatic hydroxyl groups excluding tert-OH is 1. The molecule has 2 saturated heterocycles. The Morgan fingerprint density at radius 3 is 2.39 bits per heavy atom. The Hall–Kier alpha value is -1.92. The highest BCUT2D eigenvalue weighted by Gasteiger charge is 2.47. The Morgan fingerprint density at radius 2 is 1.71 bits per heavy atom. The first-order chi connectivity index (χ1) is 14.9. The van der Waals surface area contributed by atoms with Gasteiger partial charge in [-0.15, -0.1) is 0 Å². The maximum atomic E-state index is 12.7. The van der Waals surface area contributed by atoms with E-state index >= 15 is 0 Å². The maximum Gasteiger partial charge on any atom is 0.227 e. The quantitative estimate of drug-likeness (QED) is 0.722. The van der Waals surface area contributed by atoms with E-state index in [1.807, 2.05) is 18.2 Å². The van der Waals surface area contributed by atoms with Crippen molar-refractivity contribution in [3.05, 3.63) is 70.7 Å². The van der Waals surface area contributed by atoms with Crippen LogP contribution in [0.25, 0.3) is 0 Å². The molecular weight excluding hydrogens is 412 g/mol. The van der Waals surface area contributed by atoms with Crippen molar-refractivity contribution in [1.82, 2.24) is 9.80 Å². The number of rotatable bonds is 6. The van der Waals surface area contributed by atoms with Crippen molar-refractivity contribution in [1.29, 1.82) is 0 Å². The van der Waals surface area contributed by atoms with Crippen LogP contribution in [0, 0.1) is 5.92 Å². The number of likely N-dealkylation sites (tertiary alicyclic amines) is 2. The number of aliphatic hydroxyl groups is 2. The molecule has 2 heterocycles. The predicted molar refractivity (Wildman–Crippen MR) is 122 cm³/mol. The lowest BCUT2D eigenvalue weighted by atomic mass is 9.89. The third-order valence-corrected chi connectivity index (χ3v) is 6.92. The first-order valence-corrected chi connectivity index (χ1v) is 11.5. The minimum atomic E-state index is -1.28. The van der Waals surface area contributed by atoms with E-state index < -0.39 is 11.7 Å². The van der Waals surface area contributed by atoms with Crippen LogP contribution in [-0.4, -0.2) is 70.3 Å². The van der Waals surface area contributed by atoms with E-state index in [4.69, 9.17) is 11.6 Å².